The first-order valence-corrected chi connectivity index (χ1v) is 8.96. The van der Waals surface area contributed by atoms with Crippen LogP contribution < -0.4 is 5.32 Å². The van der Waals surface area contributed by atoms with Crippen LogP contribution in [0, 0.1) is 17.0 Å². The van der Waals surface area contributed by atoms with Crippen molar-refractivity contribution in [1.82, 2.24) is 4.98 Å². The Balaban J connectivity index is 1.87. The van der Waals surface area contributed by atoms with Crippen molar-refractivity contribution in [2.45, 2.75) is 6.92 Å². The van der Waals surface area contributed by atoms with Crippen molar-refractivity contribution >= 4 is 51.3 Å². The van der Waals surface area contributed by atoms with Gasteiger partial charge in [-0.15, -0.1) is 11.3 Å². The van der Waals surface area contributed by atoms with Crippen molar-refractivity contribution in [3.63, 3.8) is 0 Å². The van der Waals surface area contributed by atoms with Crippen LogP contribution in [0.15, 0.2) is 41.8 Å². The van der Waals surface area contributed by atoms with E-state index in [1.54, 1.807) is 42.6 Å². The van der Waals surface area contributed by atoms with Gasteiger partial charge in [-0.05, 0) is 31.2 Å². The summed E-state index contributed by atoms with van der Waals surface area (Å²) < 4.78 is 0. The highest BCUT2D eigenvalue weighted by Gasteiger charge is 2.23. The SMILES string of the molecule is Cc1cccc(C(=O)Nc2nc(-c3ccc(Cl)cc3Cl)cs2)c1[N+](=O)[O-]. The van der Waals surface area contributed by atoms with Gasteiger partial charge in [0.25, 0.3) is 11.6 Å². The number of nitrogens with zero attached hydrogens (tertiary/aromatic N) is 2. The minimum absolute atomic E-state index is 0.0173. The molecular formula is C17H11Cl2N3O3S. The first-order chi connectivity index (χ1) is 12.4. The number of thiazole rings is 1. The molecule has 0 unspecified atom stereocenters. The van der Waals surface area contributed by atoms with E-state index in [9.17, 15) is 14.9 Å². The zero-order valence-electron chi connectivity index (χ0n) is 13.3. The van der Waals surface area contributed by atoms with Crippen LogP contribution in [0.4, 0.5) is 10.8 Å². The third-order valence-corrected chi connectivity index (χ3v) is 4.90. The second-order valence-electron chi connectivity index (χ2n) is 5.34. The number of halogens is 2. The molecule has 6 nitrogen and oxygen atoms in total. The lowest BCUT2D eigenvalue weighted by molar-refractivity contribution is -0.385. The van der Waals surface area contributed by atoms with Crippen LogP contribution in [0.1, 0.15) is 15.9 Å². The van der Waals surface area contributed by atoms with E-state index in [2.05, 4.69) is 10.3 Å². The molecule has 132 valence electrons. The number of carbonyl (C=O) groups is 1. The van der Waals surface area contributed by atoms with Crippen LogP contribution in [0.2, 0.25) is 10.0 Å². The van der Waals surface area contributed by atoms with Crippen LogP contribution in [0.25, 0.3) is 11.3 Å². The van der Waals surface area contributed by atoms with Gasteiger partial charge in [0.15, 0.2) is 5.13 Å². The smallest absolute Gasteiger partial charge is 0.285 e. The Morgan fingerprint density at radius 2 is 2.04 bits per heavy atom. The van der Waals surface area contributed by atoms with Gasteiger partial charge in [0.2, 0.25) is 0 Å². The van der Waals surface area contributed by atoms with E-state index in [1.165, 1.54) is 17.4 Å². The molecule has 2 aromatic carbocycles. The number of para-hydroxylation sites is 1. The fraction of sp³-hybridized carbons (Fsp3) is 0.0588. The molecule has 3 aromatic rings. The Labute approximate surface area is 162 Å². The summed E-state index contributed by atoms with van der Waals surface area (Å²) in [5.74, 6) is -0.594. The molecule has 1 heterocycles. The highest BCUT2D eigenvalue weighted by molar-refractivity contribution is 7.14. The predicted octanol–water partition coefficient (Wildman–Crippen LogP) is 5.59. The quantitative estimate of drug-likeness (QED) is 0.451. The van der Waals surface area contributed by atoms with Gasteiger partial charge in [-0.3, -0.25) is 20.2 Å². The minimum Gasteiger partial charge on any atom is -0.298 e. The summed E-state index contributed by atoms with van der Waals surface area (Å²) in [4.78, 5) is 27.5. The summed E-state index contributed by atoms with van der Waals surface area (Å²) >= 11 is 13.2. The average Bonchev–Trinajstić information content (AvgIpc) is 3.02. The third kappa shape index (κ3) is 3.70. The fourth-order valence-electron chi connectivity index (χ4n) is 2.40. The number of anilines is 1. The number of hydrogen-bond acceptors (Lipinski definition) is 5. The van der Waals surface area contributed by atoms with Gasteiger partial charge in [0, 0.05) is 21.5 Å². The first-order valence-electron chi connectivity index (χ1n) is 7.33. The van der Waals surface area contributed by atoms with E-state index >= 15 is 0 Å². The zero-order chi connectivity index (χ0) is 18.8. The first kappa shape index (κ1) is 18.3. The van der Waals surface area contributed by atoms with Crippen molar-refractivity contribution in [2.75, 3.05) is 5.32 Å². The molecule has 0 saturated carbocycles. The standard InChI is InChI=1S/C17H11Cl2N3O3S/c1-9-3-2-4-12(15(9)22(24)25)16(23)21-17-20-14(8-26-17)11-6-5-10(18)7-13(11)19/h2-8H,1H3,(H,20,21,23). The molecule has 0 spiro atoms. The number of nitrogens with one attached hydrogen (secondary N) is 1. The molecule has 1 aromatic heterocycles. The Hall–Kier alpha value is -2.48. The maximum Gasteiger partial charge on any atom is 0.285 e. The van der Waals surface area contributed by atoms with Crippen molar-refractivity contribution in [3.8, 4) is 11.3 Å². The summed E-state index contributed by atoms with van der Waals surface area (Å²) in [6.07, 6.45) is 0. The molecule has 0 fully saturated rings. The van der Waals surface area contributed by atoms with Gasteiger partial charge in [-0.1, -0.05) is 35.3 Å². The summed E-state index contributed by atoms with van der Waals surface area (Å²) in [7, 11) is 0. The van der Waals surface area contributed by atoms with Crippen LogP contribution >= 0.6 is 34.5 Å². The molecule has 0 aliphatic carbocycles. The minimum atomic E-state index is -0.594. The maximum absolute atomic E-state index is 12.5. The molecule has 0 aliphatic rings. The second-order valence-corrected chi connectivity index (χ2v) is 7.05. The van der Waals surface area contributed by atoms with E-state index in [4.69, 9.17) is 23.2 Å². The van der Waals surface area contributed by atoms with Gasteiger partial charge in [0.1, 0.15) is 5.56 Å². The molecule has 0 aliphatic heterocycles. The van der Waals surface area contributed by atoms with E-state index in [0.29, 0.717) is 32.0 Å². The van der Waals surface area contributed by atoms with E-state index in [-0.39, 0.29) is 11.3 Å². The molecule has 0 bridgehead atoms. The number of rotatable bonds is 4. The van der Waals surface area contributed by atoms with E-state index in [0.717, 1.165) is 0 Å². The summed E-state index contributed by atoms with van der Waals surface area (Å²) in [5, 5.41) is 16.8. The van der Waals surface area contributed by atoms with Gasteiger partial charge in [-0.25, -0.2) is 4.98 Å². The summed E-state index contributed by atoms with van der Waals surface area (Å²) in [5.41, 5.74) is 1.43. The number of nitro benzene ring substituents is 1. The van der Waals surface area contributed by atoms with Gasteiger partial charge >= 0.3 is 0 Å². The predicted molar refractivity (Wildman–Crippen MR) is 103 cm³/mol. The lowest BCUT2D eigenvalue weighted by Crippen LogP contribution is -2.14. The molecule has 3 rings (SSSR count). The van der Waals surface area contributed by atoms with E-state index in [1.807, 2.05) is 0 Å². The number of benzene rings is 2. The highest BCUT2D eigenvalue weighted by atomic mass is 35.5. The monoisotopic (exact) mass is 407 g/mol. The van der Waals surface area contributed by atoms with E-state index < -0.39 is 10.8 Å². The number of hydrogen-bond donors (Lipinski definition) is 1. The van der Waals surface area contributed by atoms with Crippen LogP contribution in [0.5, 0.6) is 0 Å². The van der Waals surface area contributed by atoms with Crippen molar-refractivity contribution < 1.29 is 9.72 Å². The van der Waals surface area contributed by atoms with Gasteiger partial charge in [-0.2, -0.15) is 0 Å². The van der Waals surface area contributed by atoms with Crippen molar-refractivity contribution in [1.29, 1.82) is 0 Å². The highest BCUT2D eigenvalue weighted by Crippen LogP contribution is 2.33. The average molecular weight is 408 g/mol. The van der Waals surface area contributed by atoms with Gasteiger partial charge in [0.05, 0.1) is 15.6 Å². The fourth-order valence-corrected chi connectivity index (χ4v) is 3.61. The molecule has 9 heteroatoms. The molecule has 0 saturated heterocycles. The number of aryl methyl sites for hydroxylation is 1. The molecule has 1 amide bonds. The largest absolute Gasteiger partial charge is 0.298 e. The van der Waals surface area contributed by atoms with Gasteiger partial charge < -0.3 is 0 Å². The van der Waals surface area contributed by atoms with Crippen LogP contribution in [-0.4, -0.2) is 15.8 Å². The summed E-state index contributed by atoms with van der Waals surface area (Å²) in [6, 6.07) is 9.61. The Morgan fingerprint density at radius 3 is 2.73 bits per heavy atom. The zero-order valence-corrected chi connectivity index (χ0v) is 15.7. The summed E-state index contributed by atoms with van der Waals surface area (Å²) in [6.45, 7) is 1.58. The Kier molecular flexibility index (Phi) is 5.22. The third-order valence-electron chi connectivity index (χ3n) is 3.60. The molecule has 0 radical (unpaired) electrons. The lowest BCUT2D eigenvalue weighted by atomic mass is 10.1. The number of carbonyl (C=O) groups excluding carboxylic acids is 1. The van der Waals surface area contributed by atoms with Crippen molar-refractivity contribution in [3.05, 3.63) is 73.1 Å². The second kappa shape index (κ2) is 7.41. The Bertz CT molecular complexity index is 1020. The van der Waals surface area contributed by atoms with Crippen LogP contribution in [-0.2, 0) is 0 Å². The molecule has 0 atom stereocenters. The number of nitro groups is 1. The van der Waals surface area contributed by atoms with Crippen molar-refractivity contribution in [2.24, 2.45) is 0 Å². The van der Waals surface area contributed by atoms with Crippen LogP contribution in [0.3, 0.4) is 0 Å². The number of aromatic nitrogens is 1. The Morgan fingerprint density at radius 1 is 1.27 bits per heavy atom. The molecule has 26 heavy (non-hydrogen) atoms. The lowest BCUT2D eigenvalue weighted by Gasteiger charge is -2.05. The topological polar surface area (TPSA) is 85.1 Å². The molecular weight excluding hydrogens is 397 g/mol. The normalized spacial score (nSPS) is 10.6. The molecule has 1 N–H and O–H groups in total. The maximum atomic E-state index is 12.5. The number of amides is 1.